The summed E-state index contributed by atoms with van der Waals surface area (Å²) in [6.07, 6.45) is 0.909. The number of nitrogens with zero attached hydrogens (tertiary/aromatic N) is 1. The molecule has 3 rings (SSSR count). The number of carboxylic acids is 1. The summed E-state index contributed by atoms with van der Waals surface area (Å²) in [7, 11) is 3.18. The first-order valence-corrected chi connectivity index (χ1v) is 10.1. The fourth-order valence-electron chi connectivity index (χ4n) is 3.61. The Balaban J connectivity index is 2.06. The Kier molecular flexibility index (Phi) is 6.90. The predicted octanol–water partition coefficient (Wildman–Crippen LogP) is 5.51. The van der Waals surface area contributed by atoms with E-state index in [1.165, 1.54) is 6.07 Å². The Hall–Kier alpha value is -3.41. The fraction of sp³-hybridized carbons (Fsp3) is 0.280. The molecule has 1 N–H and O–H groups in total. The third-order valence-electron chi connectivity index (χ3n) is 5.19. The highest BCUT2D eigenvalue weighted by molar-refractivity contribution is 5.91. The van der Waals surface area contributed by atoms with E-state index < -0.39 is 11.8 Å². The highest BCUT2D eigenvalue weighted by Crippen LogP contribution is 2.32. The lowest BCUT2D eigenvalue weighted by Gasteiger charge is -2.17. The lowest BCUT2D eigenvalue weighted by Crippen LogP contribution is -2.11. The number of halogens is 1. The lowest BCUT2D eigenvalue weighted by molar-refractivity contribution is 0.0695. The molecule has 0 saturated carbocycles. The number of ether oxygens (including phenoxy) is 2. The van der Waals surface area contributed by atoms with Gasteiger partial charge in [0.25, 0.3) is 0 Å². The van der Waals surface area contributed by atoms with Crippen LogP contribution in [-0.4, -0.2) is 30.3 Å². The van der Waals surface area contributed by atoms with Crippen molar-refractivity contribution in [2.24, 2.45) is 0 Å². The number of aryl methyl sites for hydroxylation is 2. The summed E-state index contributed by atoms with van der Waals surface area (Å²) in [5, 5.41) is 9.84. The van der Waals surface area contributed by atoms with E-state index in [0.717, 1.165) is 5.56 Å². The number of carboxylic acid groups (broad SMARTS) is 1. The summed E-state index contributed by atoms with van der Waals surface area (Å²) in [5.74, 6) is -0.114. The standard InChI is InChI=1S/C25H26FNO4/c1-15(2)24-19(18-7-5-6-8-21(18)26)14-20(25(28)29)22(27-24)11-9-16-13-17(30-3)10-12-23(16)31-4/h5-8,10,12-15H,9,11H2,1-4H3,(H,28,29). The van der Waals surface area contributed by atoms with Gasteiger partial charge in [-0.25, -0.2) is 9.18 Å². The van der Waals surface area contributed by atoms with E-state index >= 15 is 0 Å². The molecular formula is C25H26FNO4. The lowest BCUT2D eigenvalue weighted by atomic mass is 9.93. The number of benzene rings is 2. The molecule has 0 amide bonds. The maximum absolute atomic E-state index is 14.5. The molecule has 0 aliphatic rings. The molecule has 5 nitrogen and oxygen atoms in total. The average molecular weight is 423 g/mol. The van der Waals surface area contributed by atoms with Gasteiger partial charge in [0.05, 0.1) is 31.2 Å². The van der Waals surface area contributed by atoms with Gasteiger partial charge in [-0.15, -0.1) is 0 Å². The molecule has 0 aliphatic heterocycles. The number of rotatable bonds is 8. The smallest absolute Gasteiger partial charge is 0.337 e. The molecule has 0 unspecified atom stereocenters. The highest BCUT2D eigenvalue weighted by Gasteiger charge is 2.21. The minimum absolute atomic E-state index is 0.0115. The van der Waals surface area contributed by atoms with Crippen LogP contribution in [0.3, 0.4) is 0 Å². The molecule has 2 aromatic carbocycles. The van der Waals surface area contributed by atoms with E-state index in [9.17, 15) is 14.3 Å². The zero-order valence-electron chi connectivity index (χ0n) is 18.1. The second-order valence-electron chi connectivity index (χ2n) is 7.53. The van der Waals surface area contributed by atoms with E-state index in [1.54, 1.807) is 38.5 Å². The zero-order chi connectivity index (χ0) is 22.5. The second-order valence-corrected chi connectivity index (χ2v) is 7.53. The Morgan fingerprint density at radius 2 is 1.77 bits per heavy atom. The average Bonchev–Trinajstić information content (AvgIpc) is 2.77. The zero-order valence-corrected chi connectivity index (χ0v) is 18.1. The van der Waals surface area contributed by atoms with E-state index in [-0.39, 0.29) is 11.5 Å². The van der Waals surface area contributed by atoms with Crippen LogP contribution in [-0.2, 0) is 12.8 Å². The normalized spacial score (nSPS) is 10.9. The quantitative estimate of drug-likeness (QED) is 0.517. The van der Waals surface area contributed by atoms with Crippen LogP contribution in [0.4, 0.5) is 4.39 Å². The summed E-state index contributed by atoms with van der Waals surface area (Å²) >= 11 is 0. The van der Waals surface area contributed by atoms with Gasteiger partial charge in [-0.05, 0) is 54.7 Å². The molecular weight excluding hydrogens is 397 g/mol. The third-order valence-corrected chi connectivity index (χ3v) is 5.19. The minimum Gasteiger partial charge on any atom is -0.497 e. The first kappa shape index (κ1) is 22.3. The van der Waals surface area contributed by atoms with Crippen molar-refractivity contribution in [3.8, 4) is 22.6 Å². The molecule has 0 fully saturated rings. The first-order valence-electron chi connectivity index (χ1n) is 10.1. The molecule has 1 heterocycles. The van der Waals surface area contributed by atoms with E-state index in [1.807, 2.05) is 32.0 Å². The van der Waals surface area contributed by atoms with Crippen molar-refractivity contribution < 1.29 is 23.8 Å². The Morgan fingerprint density at radius 1 is 1.03 bits per heavy atom. The van der Waals surface area contributed by atoms with Gasteiger partial charge in [0.15, 0.2) is 0 Å². The number of aromatic nitrogens is 1. The van der Waals surface area contributed by atoms with Crippen LogP contribution < -0.4 is 9.47 Å². The van der Waals surface area contributed by atoms with Crippen LogP contribution >= 0.6 is 0 Å². The number of carbonyl (C=O) groups is 1. The fourth-order valence-corrected chi connectivity index (χ4v) is 3.61. The van der Waals surface area contributed by atoms with E-state index in [2.05, 4.69) is 0 Å². The molecule has 3 aromatic rings. The van der Waals surface area contributed by atoms with Crippen molar-refractivity contribution in [2.45, 2.75) is 32.6 Å². The van der Waals surface area contributed by atoms with Crippen molar-refractivity contribution in [3.63, 3.8) is 0 Å². The van der Waals surface area contributed by atoms with Crippen LogP contribution in [0.5, 0.6) is 11.5 Å². The van der Waals surface area contributed by atoms with Gasteiger partial charge in [-0.1, -0.05) is 32.0 Å². The number of methoxy groups -OCH3 is 2. The number of hydrogen-bond acceptors (Lipinski definition) is 4. The summed E-state index contributed by atoms with van der Waals surface area (Å²) in [6, 6.07) is 13.4. The van der Waals surface area contributed by atoms with Crippen molar-refractivity contribution in [3.05, 3.63) is 76.9 Å². The maximum atomic E-state index is 14.5. The summed E-state index contributed by atoms with van der Waals surface area (Å²) in [6.45, 7) is 3.92. The van der Waals surface area contributed by atoms with Gasteiger partial charge in [0.2, 0.25) is 0 Å². The van der Waals surface area contributed by atoms with Crippen molar-refractivity contribution in [2.75, 3.05) is 14.2 Å². The van der Waals surface area contributed by atoms with Crippen molar-refractivity contribution in [1.29, 1.82) is 0 Å². The molecule has 0 aliphatic carbocycles. The topological polar surface area (TPSA) is 68.7 Å². The van der Waals surface area contributed by atoms with Crippen molar-refractivity contribution >= 4 is 5.97 Å². The largest absolute Gasteiger partial charge is 0.497 e. The summed E-state index contributed by atoms with van der Waals surface area (Å²) < 4.78 is 25.2. The Labute approximate surface area is 181 Å². The summed E-state index contributed by atoms with van der Waals surface area (Å²) in [5.41, 5.74) is 2.95. The van der Waals surface area contributed by atoms with Crippen LogP contribution in [0.25, 0.3) is 11.1 Å². The summed E-state index contributed by atoms with van der Waals surface area (Å²) in [4.78, 5) is 16.7. The Bertz CT molecular complexity index is 1090. The number of pyridine rings is 1. The van der Waals surface area contributed by atoms with E-state index in [4.69, 9.17) is 14.5 Å². The minimum atomic E-state index is -1.09. The van der Waals surface area contributed by atoms with Gasteiger partial charge < -0.3 is 14.6 Å². The SMILES string of the molecule is COc1ccc(OC)c(CCc2nc(C(C)C)c(-c3ccccc3F)cc2C(=O)O)c1. The van der Waals surface area contributed by atoms with Crippen LogP contribution in [0.2, 0.25) is 0 Å². The van der Waals surface area contributed by atoms with Gasteiger partial charge in [0.1, 0.15) is 17.3 Å². The Morgan fingerprint density at radius 3 is 2.39 bits per heavy atom. The van der Waals surface area contributed by atoms with Gasteiger partial charge >= 0.3 is 5.97 Å². The molecule has 1 aromatic heterocycles. The molecule has 0 radical (unpaired) electrons. The highest BCUT2D eigenvalue weighted by atomic mass is 19.1. The molecule has 0 bridgehead atoms. The molecule has 0 atom stereocenters. The monoisotopic (exact) mass is 423 g/mol. The van der Waals surface area contributed by atoms with Crippen LogP contribution in [0, 0.1) is 5.82 Å². The molecule has 162 valence electrons. The molecule has 31 heavy (non-hydrogen) atoms. The first-order chi connectivity index (χ1) is 14.8. The van der Waals surface area contributed by atoms with Gasteiger partial charge in [-0.3, -0.25) is 4.98 Å². The molecule has 6 heteroatoms. The van der Waals surface area contributed by atoms with E-state index in [0.29, 0.717) is 46.9 Å². The van der Waals surface area contributed by atoms with Crippen LogP contribution in [0.15, 0.2) is 48.5 Å². The predicted molar refractivity (Wildman–Crippen MR) is 118 cm³/mol. The van der Waals surface area contributed by atoms with Gasteiger partial charge in [0, 0.05) is 11.1 Å². The number of hydrogen-bond donors (Lipinski definition) is 1. The number of aromatic carboxylic acids is 1. The van der Waals surface area contributed by atoms with Gasteiger partial charge in [-0.2, -0.15) is 0 Å². The maximum Gasteiger partial charge on any atom is 0.337 e. The third kappa shape index (κ3) is 4.85. The molecule has 0 saturated heterocycles. The van der Waals surface area contributed by atoms with Crippen LogP contribution in [0.1, 0.15) is 47.1 Å². The molecule has 0 spiro atoms. The second kappa shape index (κ2) is 9.60. The van der Waals surface area contributed by atoms with Crippen molar-refractivity contribution in [1.82, 2.24) is 4.98 Å².